The molecule has 3 amide bonds. The molecule has 0 bridgehead atoms. The second-order valence-corrected chi connectivity index (χ2v) is 7.31. The van der Waals surface area contributed by atoms with E-state index in [-0.39, 0.29) is 11.8 Å². The summed E-state index contributed by atoms with van der Waals surface area (Å²) in [5.41, 5.74) is 0.640. The molecular weight excluding hydrogens is 320 g/mol. The lowest BCUT2D eigenvalue weighted by Crippen LogP contribution is -2.41. The van der Waals surface area contributed by atoms with Crippen molar-refractivity contribution in [3.05, 3.63) is 24.3 Å². The highest BCUT2D eigenvalue weighted by Crippen LogP contribution is 2.18. The third kappa shape index (κ3) is 7.54. The highest BCUT2D eigenvalue weighted by atomic mass is 16.6. The average molecular weight is 350 g/mol. The quantitative estimate of drug-likeness (QED) is 0.680. The molecule has 2 aliphatic heterocycles. The first kappa shape index (κ1) is 20.9. The fraction of sp³-hybridized carbons (Fsp3) is 0.632. The molecule has 0 radical (unpaired) electrons. The number of hydrogen-bond acceptors (Lipinski definition) is 4. The van der Waals surface area contributed by atoms with E-state index in [1.165, 1.54) is 0 Å². The van der Waals surface area contributed by atoms with E-state index in [0.717, 1.165) is 49.1 Å². The Morgan fingerprint density at radius 3 is 2.28 bits per heavy atom. The van der Waals surface area contributed by atoms with Gasteiger partial charge in [-0.05, 0) is 59.3 Å². The van der Waals surface area contributed by atoms with E-state index in [4.69, 9.17) is 4.74 Å². The number of ether oxygens (including phenoxy) is 1. The summed E-state index contributed by atoms with van der Waals surface area (Å²) >= 11 is 0. The summed E-state index contributed by atoms with van der Waals surface area (Å²) in [6.07, 6.45) is 4.85. The third-order valence-corrected chi connectivity index (χ3v) is 3.78. The summed E-state index contributed by atoms with van der Waals surface area (Å²) in [4.78, 5) is 35.5. The SMILES string of the molecule is C=C1CCCCN(C(=O)OC(C)(C)C)C1=O.C=C1CCCCNC1=O. The van der Waals surface area contributed by atoms with Gasteiger partial charge < -0.3 is 10.1 Å². The van der Waals surface area contributed by atoms with Crippen molar-refractivity contribution in [1.29, 1.82) is 0 Å². The highest BCUT2D eigenvalue weighted by molar-refractivity contribution is 6.02. The average Bonchev–Trinajstić information content (AvgIpc) is 2.79. The van der Waals surface area contributed by atoms with E-state index in [9.17, 15) is 14.4 Å². The van der Waals surface area contributed by atoms with E-state index < -0.39 is 11.7 Å². The van der Waals surface area contributed by atoms with Crippen molar-refractivity contribution in [3.63, 3.8) is 0 Å². The number of amides is 3. The molecule has 0 unspecified atom stereocenters. The Morgan fingerprint density at radius 2 is 1.64 bits per heavy atom. The summed E-state index contributed by atoms with van der Waals surface area (Å²) in [5.74, 6) is -0.265. The number of imide groups is 1. The van der Waals surface area contributed by atoms with Crippen LogP contribution < -0.4 is 5.32 Å². The first-order chi connectivity index (χ1) is 11.6. The Hall–Kier alpha value is -2.11. The summed E-state index contributed by atoms with van der Waals surface area (Å²) in [6, 6.07) is 0. The van der Waals surface area contributed by atoms with Gasteiger partial charge in [0.1, 0.15) is 5.60 Å². The minimum atomic E-state index is -0.578. The van der Waals surface area contributed by atoms with Crippen molar-refractivity contribution < 1.29 is 19.1 Å². The van der Waals surface area contributed by atoms with Crippen LogP contribution in [0.5, 0.6) is 0 Å². The molecule has 2 saturated heterocycles. The zero-order valence-electron chi connectivity index (χ0n) is 15.7. The molecule has 2 rings (SSSR count). The van der Waals surface area contributed by atoms with E-state index >= 15 is 0 Å². The Kier molecular flexibility index (Phi) is 7.87. The first-order valence-corrected chi connectivity index (χ1v) is 8.80. The molecule has 0 aromatic rings. The van der Waals surface area contributed by atoms with Gasteiger partial charge in [0.15, 0.2) is 0 Å². The standard InChI is InChI=1S/C12H19NO3.C7H11NO/c1-9-7-5-6-8-13(10(9)14)11(15)16-12(2,3)4;1-6-4-2-3-5-8-7(6)9/h1,5-8H2,2-4H3;1-5H2,(H,8,9). The van der Waals surface area contributed by atoms with Gasteiger partial charge in [0.25, 0.3) is 5.91 Å². The predicted molar refractivity (Wildman–Crippen MR) is 96.9 cm³/mol. The first-order valence-electron chi connectivity index (χ1n) is 8.80. The van der Waals surface area contributed by atoms with Crippen LogP contribution in [-0.4, -0.2) is 41.5 Å². The van der Waals surface area contributed by atoms with Crippen LogP contribution in [0.15, 0.2) is 24.3 Å². The van der Waals surface area contributed by atoms with Gasteiger partial charge in [0.2, 0.25) is 5.91 Å². The molecule has 0 aliphatic carbocycles. The zero-order valence-corrected chi connectivity index (χ0v) is 15.7. The van der Waals surface area contributed by atoms with Crippen LogP contribution >= 0.6 is 0 Å². The normalized spacial score (nSPS) is 19.2. The van der Waals surface area contributed by atoms with Crippen LogP contribution in [-0.2, 0) is 14.3 Å². The Morgan fingerprint density at radius 1 is 1.04 bits per heavy atom. The van der Waals surface area contributed by atoms with Crippen molar-refractivity contribution in [3.8, 4) is 0 Å². The lowest BCUT2D eigenvalue weighted by atomic mass is 10.1. The summed E-state index contributed by atoms with van der Waals surface area (Å²) in [5, 5.41) is 2.76. The lowest BCUT2D eigenvalue weighted by Gasteiger charge is -2.25. The van der Waals surface area contributed by atoms with Crippen molar-refractivity contribution in [1.82, 2.24) is 10.2 Å². The summed E-state index contributed by atoms with van der Waals surface area (Å²) in [7, 11) is 0. The number of carbonyl (C=O) groups is 3. The molecule has 0 atom stereocenters. The Balaban J connectivity index is 0.000000293. The number of carbonyl (C=O) groups excluding carboxylic acids is 3. The molecule has 2 aliphatic rings. The second kappa shape index (κ2) is 9.39. The van der Waals surface area contributed by atoms with Gasteiger partial charge in [-0.25, -0.2) is 9.69 Å². The zero-order chi connectivity index (χ0) is 19.0. The molecule has 0 saturated carbocycles. The van der Waals surface area contributed by atoms with E-state index in [2.05, 4.69) is 18.5 Å². The van der Waals surface area contributed by atoms with Crippen LogP contribution in [0.3, 0.4) is 0 Å². The molecule has 25 heavy (non-hydrogen) atoms. The van der Waals surface area contributed by atoms with Gasteiger partial charge in [-0.15, -0.1) is 0 Å². The lowest BCUT2D eigenvalue weighted by molar-refractivity contribution is -0.126. The van der Waals surface area contributed by atoms with Gasteiger partial charge in [0.05, 0.1) is 0 Å². The molecule has 6 nitrogen and oxygen atoms in total. The maximum atomic E-state index is 11.8. The van der Waals surface area contributed by atoms with E-state index in [1.54, 1.807) is 20.8 Å². The Bertz CT molecular complexity index is 530. The maximum absolute atomic E-state index is 11.8. The predicted octanol–water partition coefficient (Wildman–Crippen LogP) is 3.33. The second-order valence-electron chi connectivity index (χ2n) is 7.31. The fourth-order valence-corrected chi connectivity index (χ4v) is 2.40. The molecule has 0 aromatic carbocycles. The van der Waals surface area contributed by atoms with Crippen LogP contribution in [0.1, 0.15) is 59.3 Å². The molecular formula is C19H30N2O4. The molecule has 140 valence electrons. The number of hydrogen-bond donors (Lipinski definition) is 1. The van der Waals surface area contributed by atoms with Crippen molar-refractivity contribution in [2.75, 3.05) is 13.1 Å². The van der Waals surface area contributed by atoms with E-state index in [1.807, 2.05) is 0 Å². The van der Waals surface area contributed by atoms with E-state index in [0.29, 0.717) is 18.5 Å². The van der Waals surface area contributed by atoms with Crippen LogP contribution in [0.2, 0.25) is 0 Å². The minimum Gasteiger partial charge on any atom is -0.443 e. The number of nitrogens with zero attached hydrogens (tertiary/aromatic N) is 1. The van der Waals surface area contributed by atoms with Gasteiger partial charge >= 0.3 is 6.09 Å². The molecule has 0 aromatic heterocycles. The molecule has 2 fully saturated rings. The van der Waals surface area contributed by atoms with Crippen molar-refractivity contribution in [2.45, 2.75) is 64.9 Å². The summed E-state index contributed by atoms with van der Waals surface area (Å²) in [6.45, 7) is 13.9. The van der Waals surface area contributed by atoms with Crippen LogP contribution in [0.25, 0.3) is 0 Å². The monoisotopic (exact) mass is 350 g/mol. The third-order valence-electron chi connectivity index (χ3n) is 3.78. The molecule has 0 spiro atoms. The van der Waals surface area contributed by atoms with Gasteiger partial charge in [-0.1, -0.05) is 13.2 Å². The fourth-order valence-electron chi connectivity index (χ4n) is 2.40. The molecule has 1 N–H and O–H groups in total. The number of likely N-dealkylation sites (tertiary alicyclic amines) is 1. The van der Waals surface area contributed by atoms with Crippen molar-refractivity contribution >= 4 is 17.9 Å². The minimum absolute atomic E-state index is 0.0347. The van der Waals surface area contributed by atoms with Gasteiger partial charge in [-0.2, -0.15) is 0 Å². The Labute approximate surface area is 150 Å². The van der Waals surface area contributed by atoms with Gasteiger partial charge in [-0.3, -0.25) is 9.59 Å². The maximum Gasteiger partial charge on any atom is 0.417 e. The smallest absolute Gasteiger partial charge is 0.417 e. The highest BCUT2D eigenvalue weighted by Gasteiger charge is 2.29. The topological polar surface area (TPSA) is 75.7 Å². The summed E-state index contributed by atoms with van der Waals surface area (Å²) < 4.78 is 5.18. The largest absolute Gasteiger partial charge is 0.443 e. The van der Waals surface area contributed by atoms with Crippen LogP contribution in [0.4, 0.5) is 4.79 Å². The molecule has 6 heteroatoms. The number of rotatable bonds is 0. The van der Waals surface area contributed by atoms with Crippen LogP contribution in [0, 0.1) is 0 Å². The molecule has 2 heterocycles. The van der Waals surface area contributed by atoms with Crippen molar-refractivity contribution in [2.24, 2.45) is 0 Å². The van der Waals surface area contributed by atoms with Gasteiger partial charge in [0, 0.05) is 24.2 Å². The number of nitrogens with one attached hydrogen (secondary N) is 1.